The highest BCUT2D eigenvalue weighted by Gasteiger charge is 2.08. The zero-order valence-electron chi connectivity index (χ0n) is 10.8. The summed E-state index contributed by atoms with van der Waals surface area (Å²) in [6.07, 6.45) is 0.578. The summed E-state index contributed by atoms with van der Waals surface area (Å²) < 4.78 is 1.07. The van der Waals surface area contributed by atoms with E-state index in [1.165, 1.54) is 10.5 Å². The standard InChI is InChI=1S/C16H17BrOS/c1-2-12-5-3-6-13(9-12)16(18)11-19-15-8-4-7-14(17)10-15/h3-10,16,18H,2,11H2,1H3. The molecule has 0 radical (unpaired) electrons. The van der Waals surface area contributed by atoms with Gasteiger partial charge in [-0.2, -0.15) is 0 Å². The maximum Gasteiger partial charge on any atom is 0.0884 e. The Morgan fingerprint density at radius 3 is 2.68 bits per heavy atom. The number of hydrogen-bond acceptors (Lipinski definition) is 2. The summed E-state index contributed by atoms with van der Waals surface area (Å²) in [6, 6.07) is 16.3. The van der Waals surface area contributed by atoms with Crippen molar-refractivity contribution >= 4 is 27.7 Å². The van der Waals surface area contributed by atoms with E-state index in [1.807, 2.05) is 24.3 Å². The Morgan fingerprint density at radius 1 is 1.16 bits per heavy atom. The molecule has 0 amide bonds. The number of halogens is 1. The SMILES string of the molecule is CCc1cccc(C(O)CSc2cccc(Br)c2)c1. The number of aryl methyl sites for hydroxylation is 1. The molecule has 2 rings (SSSR count). The summed E-state index contributed by atoms with van der Waals surface area (Å²) in [5.74, 6) is 0.670. The first-order chi connectivity index (χ1) is 9.19. The fourth-order valence-electron chi connectivity index (χ4n) is 1.85. The Bertz CT molecular complexity index is 542. The van der Waals surface area contributed by atoms with Crippen molar-refractivity contribution in [3.05, 3.63) is 64.1 Å². The molecule has 100 valence electrons. The van der Waals surface area contributed by atoms with Gasteiger partial charge in [-0.25, -0.2) is 0 Å². The monoisotopic (exact) mass is 336 g/mol. The molecule has 2 aromatic rings. The van der Waals surface area contributed by atoms with Gasteiger partial charge in [0.2, 0.25) is 0 Å². The maximum absolute atomic E-state index is 10.2. The lowest BCUT2D eigenvalue weighted by Crippen LogP contribution is -2.01. The number of thioether (sulfide) groups is 1. The zero-order chi connectivity index (χ0) is 13.7. The number of aliphatic hydroxyl groups is 1. The third-order valence-corrected chi connectivity index (χ3v) is 4.51. The first-order valence-electron chi connectivity index (χ1n) is 6.34. The van der Waals surface area contributed by atoms with Crippen LogP contribution >= 0.6 is 27.7 Å². The van der Waals surface area contributed by atoms with Crippen LogP contribution in [0.25, 0.3) is 0 Å². The summed E-state index contributed by atoms with van der Waals surface area (Å²) in [4.78, 5) is 1.17. The molecule has 0 aromatic heterocycles. The molecule has 0 heterocycles. The number of aliphatic hydroxyl groups excluding tert-OH is 1. The molecule has 1 unspecified atom stereocenters. The van der Waals surface area contributed by atoms with Crippen LogP contribution in [0.5, 0.6) is 0 Å². The Balaban J connectivity index is 1.99. The van der Waals surface area contributed by atoms with E-state index in [2.05, 4.69) is 47.1 Å². The number of benzene rings is 2. The molecule has 0 saturated heterocycles. The van der Waals surface area contributed by atoms with Gasteiger partial charge in [-0.1, -0.05) is 53.2 Å². The molecule has 3 heteroatoms. The molecule has 0 fully saturated rings. The van der Waals surface area contributed by atoms with Gasteiger partial charge in [-0.15, -0.1) is 11.8 Å². The van der Waals surface area contributed by atoms with E-state index in [1.54, 1.807) is 11.8 Å². The maximum atomic E-state index is 10.2. The normalized spacial score (nSPS) is 12.4. The van der Waals surface area contributed by atoms with Crippen LogP contribution in [0, 0.1) is 0 Å². The molecule has 0 bridgehead atoms. The Kier molecular flexibility index (Phi) is 5.49. The summed E-state index contributed by atoms with van der Waals surface area (Å²) in [5, 5.41) is 10.2. The van der Waals surface area contributed by atoms with Gasteiger partial charge in [0.05, 0.1) is 6.10 Å². The van der Waals surface area contributed by atoms with Crippen LogP contribution in [-0.2, 0) is 6.42 Å². The molecule has 2 aromatic carbocycles. The third kappa shape index (κ3) is 4.37. The third-order valence-electron chi connectivity index (χ3n) is 2.95. The highest BCUT2D eigenvalue weighted by Crippen LogP contribution is 2.27. The largest absolute Gasteiger partial charge is 0.388 e. The van der Waals surface area contributed by atoms with Crippen molar-refractivity contribution < 1.29 is 5.11 Å². The van der Waals surface area contributed by atoms with E-state index in [0.717, 1.165) is 16.5 Å². The second-order valence-corrected chi connectivity index (χ2v) is 6.39. The second-order valence-electron chi connectivity index (χ2n) is 4.38. The van der Waals surface area contributed by atoms with Gasteiger partial charge < -0.3 is 5.11 Å². The molecular formula is C16H17BrOS. The van der Waals surface area contributed by atoms with Crippen molar-refractivity contribution in [3.8, 4) is 0 Å². The van der Waals surface area contributed by atoms with Gasteiger partial charge >= 0.3 is 0 Å². The smallest absolute Gasteiger partial charge is 0.0884 e. The van der Waals surface area contributed by atoms with Gasteiger partial charge in [0, 0.05) is 15.1 Å². The Morgan fingerprint density at radius 2 is 1.95 bits per heavy atom. The number of rotatable bonds is 5. The van der Waals surface area contributed by atoms with Crippen LogP contribution in [0.15, 0.2) is 57.9 Å². The number of hydrogen-bond donors (Lipinski definition) is 1. The molecular weight excluding hydrogens is 320 g/mol. The first-order valence-corrected chi connectivity index (χ1v) is 8.12. The summed E-state index contributed by atoms with van der Waals surface area (Å²) in [7, 11) is 0. The van der Waals surface area contributed by atoms with Gasteiger partial charge in [-0.05, 0) is 35.7 Å². The quantitative estimate of drug-likeness (QED) is 0.788. The van der Waals surface area contributed by atoms with Crippen LogP contribution in [0.3, 0.4) is 0 Å². The molecule has 0 spiro atoms. The minimum atomic E-state index is -0.421. The average molecular weight is 337 g/mol. The molecule has 0 saturated carbocycles. The van der Waals surface area contributed by atoms with Crippen molar-refractivity contribution in [3.63, 3.8) is 0 Å². The lowest BCUT2D eigenvalue weighted by Gasteiger charge is -2.12. The van der Waals surface area contributed by atoms with E-state index in [0.29, 0.717) is 5.75 Å². The lowest BCUT2D eigenvalue weighted by molar-refractivity contribution is 0.204. The Labute approximate surface area is 127 Å². The van der Waals surface area contributed by atoms with Gasteiger partial charge in [0.1, 0.15) is 0 Å². The predicted octanol–water partition coefficient (Wildman–Crippen LogP) is 4.84. The molecule has 0 aliphatic rings. The van der Waals surface area contributed by atoms with E-state index in [4.69, 9.17) is 0 Å². The van der Waals surface area contributed by atoms with Crippen LogP contribution in [0.1, 0.15) is 24.2 Å². The summed E-state index contributed by atoms with van der Waals surface area (Å²) in [6.45, 7) is 2.13. The molecule has 0 aliphatic heterocycles. The molecule has 1 atom stereocenters. The van der Waals surface area contributed by atoms with E-state index in [-0.39, 0.29) is 0 Å². The minimum absolute atomic E-state index is 0.421. The van der Waals surface area contributed by atoms with Crippen molar-refractivity contribution in [2.45, 2.75) is 24.3 Å². The van der Waals surface area contributed by atoms with Crippen molar-refractivity contribution in [1.29, 1.82) is 0 Å². The molecule has 0 aliphatic carbocycles. The van der Waals surface area contributed by atoms with E-state index >= 15 is 0 Å². The second kappa shape index (κ2) is 7.13. The van der Waals surface area contributed by atoms with Crippen LogP contribution < -0.4 is 0 Å². The topological polar surface area (TPSA) is 20.2 Å². The molecule has 19 heavy (non-hydrogen) atoms. The van der Waals surface area contributed by atoms with Gasteiger partial charge in [0.25, 0.3) is 0 Å². The van der Waals surface area contributed by atoms with Crippen molar-refractivity contribution in [2.24, 2.45) is 0 Å². The van der Waals surface area contributed by atoms with Gasteiger partial charge in [0.15, 0.2) is 0 Å². The van der Waals surface area contributed by atoms with E-state index < -0.39 is 6.10 Å². The zero-order valence-corrected chi connectivity index (χ0v) is 13.2. The van der Waals surface area contributed by atoms with Gasteiger partial charge in [-0.3, -0.25) is 0 Å². The highest BCUT2D eigenvalue weighted by atomic mass is 79.9. The lowest BCUT2D eigenvalue weighted by atomic mass is 10.1. The fourth-order valence-corrected chi connectivity index (χ4v) is 3.33. The van der Waals surface area contributed by atoms with Crippen molar-refractivity contribution in [1.82, 2.24) is 0 Å². The average Bonchev–Trinajstić information content (AvgIpc) is 2.45. The van der Waals surface area contributed by atoms with Crippen LogP contribution in [-0.4, -0.2) is 10.9 Å². The summed E-state index contributed by atoms with van der Waals surface area (Å²) >= 11 is 5.13. The van der Waals surface area contributed by atoms with Crippen LogP contribution in [0.2, 0.25) is 0 Å². The van der Waals surface area contributed by atoms with E-state index in [9.17, 15) is 5.11 Å². The van der Waals surface area contributed by atoms with Crippen LogP contribution in [0.4, 0.5) is 0 Å². The minimum Gasteiger partial charge on any atom is -0.388 e. The predicted molar refractivity (Wildman–Crippen MR) is 85.6 cm³/mol. The molecule has 1 nitrogen and oxygen atoms in total. The highest BCUT2D eigenvalue weighted by molar-refractivity contribution is 9.10. The fraction of sp³-hybridized carbons (Fsp3) is 0.250. The van der Waals surface area contributed by atoms with Crippen molar-refractivity contribution in [2.75, 3.05) is 5.75 Å². The Hall–Kier alpha value is -0.770. The first kappa shape index (κ1) is 14.6. The summed E-state index contributed by atoms with van der Waals surface area (Å²) in [5.41, 5.74) is 2.27. The molecule has 1 N–H and O–H groups in total.